The van der Waals surface area contributed by atoms with Gasteiger partial charge in [0.15, 0.2) is 38.8 Å². The lowest BCUT2D eigenvalue weighted by atomic mass is 10.0. The van der Waals surface area contributed by atoms with Crippen molar-refractivity contribution in [1.29, 1.82) is 0 Å². The van der Waals surface area contributed by atoms with Crippen molar-refractivity contribution in [3.05, 3.63) is 80.3 Å². The summed E-state index contributed by atoms with van der Waals surface area (Å²) in [5.41, 5.74) is 4.31. The van der Waals surface area contributed by atoms with Gasteiger partial charge in [-0.05, 0) is 89.0 Å². The molecule has 0 unspecified atom stereocenters. The lowest BCUT2D eigenvalue weighted by Gasteiger charge is -2.28. The topological polar surface area (TPSA) is 107 Å². The van der Waals surface area contributed by atoms with Crippen molar-refractivity contribution in [3.63, 3.8) is 0 Å². The van der Waals surface area contributed by atoms with Crippen molar-refractivity contribution in [2.45, 2.75) is 71.4 Å². The number of esters is 1. The number of ether oxygens (including phenoxy) is 3. The molecule has 0 spiro atoms. The van der Waals surface area contributed by atoms with Crippen molar-refractivity contribution in [2.75, 3.05) is 52.4 Å². The number of halogens is 1. The molecule has 2 aromatic carbocycles. The number of rotatable bonds is 16. The van der Waals surface area contributed by atoms with Crippen LogP contribution in [0.15, 0.2) is 47.5 Å². The van der Waals surface area contributed by atoms with Crippen molar-refractivity contribution >= 4 is 63.7 Å². The van der Waals surface area contributed by atoms with Crippen LogP contribution in [0.2, 0.25) is 25.7 Å². The van der Waals surface area contributed by atoms with Crippen LogP contribution < -0.4 is 14.4 Å². The number of hydrogen-bond acceptors (Lipinski definition) is 12. The number of anilines is 2. The molecule has 0 saturated heterocycles. The summed E-state index contributed by atoms with van der Waals surface area (Å²) in [7, 11) is 4.13. The molecule has 6 rings (SSSR count). The van der Waals surface area contributed by atoms with E-state index in [1.807, 2.05) is 44.1 Å². The Kier molecular flexibility index (Phi) is 12.9. The predicted octanol–water partition coefficient (Wildman–Crippen LogP) is 7.93. The van der Waals surface area contributed by atoms with Gasteiger partial charge < -0.3 is 24.0 Å². The lowest BCUT2D eigenvalue weighted by molar-refractivity contribution is 0.0593. The van der Waals surface area contributed by atoms with Crippen LogP contribution in [0.25, 0.3) is 10.2 Å². The van der Waals surface area contributed by atoms with E-state index in [-0.39, 0.29) is 23.9 Å². The number of benzene rings is 2. The van der Waals surface area contributed by atoms with Gasteiger partial charge in [0, 0.05) is 43.8 Å². The van der Waals surface area contributed by atoms with Crippen LogP contribution in [0.4, 0.5) is 21.2 Å². The third-order valence-corrected chi connectivity index (χ3v) is 13.2. The molecular weight excluding hydrogens is 742 g/mol. The fraction of sp³-hybridized carbons (Fsp3) is 0.462. The molecule has 1 aliphatic heterocycles. The highest BCUT2D eigenvalue weighted by Gasteiger charge is 2.29. The number of carbonyl (C=O) groups is 1. The van der Waals surface area contributed by atoms with Crippen molar-refractivity contribution in [2.24, 2.45) is 4.99 Å². The maximum absolute atomic E-state index is 14.8. The molecule has 0 aliphatic carbocycles. The van der Waals surface area contributed by atoms with Gasteiger partial charge in [-0.3, -0.25) is 4.57 Å². The molecule has 5 aromatic rings. The van der Waals surface area contributed by atoms with E-state index in [1.165, 1.54) is 24.5 Å². The fourth-order valence-corrected chi connectivity index (χ4v) is 9.08. The van der Waals surface area contributed by atoms with Crippen molar-refractivity contribution in [1.82, 2.24) is 24.6 Å². The van der Waals surface area contributed by atoms with Gasteiger partial charge in [-0.1, -0.05) is 49.2 Å². The average molecular weight is 792 g/mol. The van der Waals surface area contributed by atoms with Crippen LogP contribution in [-0.2, 0) is 35.5 Å². The van der Waals surface area contributed by atoms with Gasteiger partial charge in [-0.25, -0.2) is 14.2 Å². The molecular formula is C39H50FN7O4S2Si. The highest BCUT2D eigenvalue weighted by Crippen LogP contribution is 2.39. The molecule has 0 radical (unpaired) electrons. The van der Waals surface area contributed by atoms with Gasteiger partial charge >= 0.3 is 5.97 Å². The number of methoxy groups -OCH3 is 1. The zero-order valence-electron chi connectivity index (χ0n) is 32.3. The normalized spacial score (nSPS) is 13.6. The van der Waals surface area contributed by atoms with E-state index in [0.29, 0.717) is 37.1 Å². The maximum Gasteiger partial charge on any atom is 0.357 e. The standard InChI is InChI=1S/C39H50FN7O4S2Si/c1-26-28-12-10-19-46(36(28)44-43-35(26)42-39-47(25-50-22-23-54(5,6)7)30-13-8-9-14-32(30)52-39)38-41-34(37(48)49-4)33(53-38)15-11-21-51-31-17-16-27(24-29(31)40)18-20-45(2)3/h8-9,13-14,16-17,24H,10-12,15,18-23,25H2,1-7H3/b42-39-. The van der Waals surface area contributed by atoms with Gasteiger partial charge in [0.2, 0.25) is 0 Å². The Labute approximate surface area is 325 Å². The van der Waals surface area contributed by atoms with Gasteiger partial charge in [-0.15, -0.1) is 21.5 Å². The van der Waals surface area contributed by atoms with Crippen LogP contribution in [0.1, 0.15) is 44.9 Å². The second kappa shape index (κ2) is 17.6. The number of aryl methyl sites for hydroxylation is 1. The molecule has 0 fully saturated rings. The number of fused-ring (bicyclic) bond motifs is 2. The number of likely N-dealkylation sites (N-methyl/N-ethyl adjacent to an activating group) is 1. The Bertz CT molecular complexity index is 2160. The molecule has 0 atom stereocenters. The third kappa shape index (κ3) is 9.61. The zero-order valence-corrected chi connectivity index (χ0v) is 34.9. The molecule has 4 heterocycles. The molecule has 15 heteroatoms. The van der Waals surface area contributed by atoms with Gasteiger partial charge in [-0.2, -0.15) is 4.99 Å². The Morgan fingerprint density at radius 1 is 1.07 bits per heavy atom. The molecule has 1 aliphatic rings. The highest BCUT2D eigenvalue weighted by molar-refractivity contribution is 7.16. The quantitative estimate of drug-likeness (QED) is 0.0560. The van der Waals surface area contributed by atoms with Crippen LogP contribution in [-0.4, -0.2) is 86.2 Å². The number of hydrogen-bond donors (Lipinski definition) is 0. The van der Waals surface area contributed by atoms with Crippen molar-refractivity contribution < 1.29 is 23.4 Å². The van der Waals surface area contributed by atoms with Crippen LogP contribution in [0.3, 0.4) is 0 Å². The number of nitrogens with zero attached hydrogens (tertiary/aromatic N) is 7. The van der Waals surface area contributed by atoms with Gasteiger partial charge in [0.25, 0.3) is 0 Å². The fourth-order valence-electron chi connectivity index (χ4n) is 6.18. The monoisotopic (exact) mass is 791 g/mol. The molecule has 3 aromatic heterocycles. The van der Waals surface area contributed by atoms with E-state index in [1.54, 1.807) is 17.4 Å². The first kappa shape index (κ1) is 39.7. The first-order chi connectivity index (χ1) is 25.9. The molecule has 0 amide bonds. The van der Waals surface area contributed by atoms with E-state index in [4.69, 9.17) is 29.3 Å². The minimum Gasteiger partial charge on any atom is -0.491 e. The van der Waals surface area contributed by atoms with Crippen LogP contribution >= 0.6 is 22.7 Å². The zero-order chi connectivity index (χ0) is 38.4. The smallest absolute Gasteiger partial charge is 0.357 e. The molecule has 0 saturated carbocycles. The third-order valence-electron chi connectivity index (χ3n) is 9.31. The summed E-state index contributed by atoms with van der Waals surface area (Å²) in [5, 5.41) is 10.0. The maximum atomic E-state index is 14.8. The Morgan fingerprint density at radius 2 is 1.89 bits per heavy atom. The molecule has 0 N–H and O–H groups in total. The summed E-state index contributed by atoms with van der Waals surface area (Å²) in [4.78, 5) is 28.4. The van der Waals surface area contributed by atoms with E-state index >= 15 is 0 Å². The molecule has 11 nitrogen and oxygen atoms in total. The summed E-state index contributed by atoms with van der Waals surface area (Å²) >= 11 is 3.05. The molecule has 288 valence electrons. The van der Waals surface area contributed by atoms with E-state index < -0.39 is 14.0 Å². The molecule has 0 bridgehead atoms. The van der Waals surface area contributed by atoms with Crippen molar-refractivity contribution in [3.8, 4) is 5.75 Å². The number of carbonyl (C=O) groups excluding carboxylic acids is 1. The Morgan fingerprint density at radius 3 is 2.65 bits per heavy atom. The summed E-state index contributed by atoms with van der Waals surface area (Å²) in [6.07, 6.45) is 3.55. The SMILES string of the molecule is COC(=O)c1nc(N2CCCc3c2nnc(/N=c2\sc4ccccc4n2COCC[Si](C)(C)C)c3C)sc1CCCOc1ccc(CCN(C)C)cc1F. The van der Waals surface area contributed by atoms with Crippen LogP contribution in [0, 0.1) is 12.7 Å². The summed E-state index contributed by atoms with van der Waals surface area (Å²) in [5.74, 6) is 0.652. The second-order valence-corrected chi connectivity index (χ2v) is 22.7. The van der Waals surface area contributed by atoms with E-state index in [2.05, 4.69) is 46.3 Å². The van der Waals surface area contributed by atoms with Crippen LogP contribution in [0.5, 0.6) is 5.75 Å². The highest BCUT2D eigenvalue weighted by atomic mass is 32.1. The first-order valence-corrected chi connectivity index (χ1v) is 23.7. The Hall–Kier alpha value is -4.02. The summed E-state index contributed by atoms with van der Waals surface area (Å²) < 4.78 is 35.1. The lowest BCUT2D eigenvalue weighted by Crippen LogP contribution is -2.27. The minimum atomic E-state index is -1.22. The summed E-state index contributed by atoms with van der Waals surface area (Å²) in [6.45, 7) is 12.0. The van der Waals surface area contributed by atoms with Gasteiger partial charge in [0.05, 0.1) is 23.9 Å². The number of para-hydroxylation sites is 1. The average Bonchev–Trinajstić information content (AvgIpc) is 3.73. The van der Waals surface area contributed by atoms with E-state index in [9.17, 15) is 9.18 Å². The summed E-state index contributed by atoms with van der Waals surface area (Å²) in [6, 6.07) is 14.5. The largest absolute Gasteiger partial charge is 0.491 e. The number of thiazole rings is 2. The second-order valence-electron chi connectivity index (χ2n) is 15.0. The molecule has 54 heavy (non-hydrogen) atoms. The Balaban J connectivity index is 1.20. The van der Waals surface area contributed by atoms with E-state index in [0.717, 1.165) is 80.9 Å². The number of aromatic nitrogens is 4. The first-order valence-electron chi connectivity index (χ1n) is 18.4. The van der Waals surface area contributed by atoms with Gasteiger partial charge in [0.1, 0.15) is 6.73 Å². The predicted molar refractivity (Wildman–Crippen MR) is 217 cm³/mol. The minimum absolute atomic E-state index is 0.222.